The summed E-state index contributed by atoms with van der Waals surface area (Å²) < 4.78 is 2.15. The Morgan fingerprint density at radius 3 is 2.50 bits per heavy atom. The number of nitrogens with zero attached hydrogens (tertiary/aromatic N) is 3. The molecule has 3 nitrogen and oxygen atoms in total. The van der Waals surface area contributed by atoms with E-state index < -0.39 is 0 Å². The van der Waals surface area contributed by atoms with Gasteiger partial charge in [0.15, 0.2) is 5.82 Å². The second-order valence-corrected chi connectivity index (χ2v) is 6.29. The molecule has 0 saturated carbocycles. The molecular weight excluding hydrogens is 341 g/mol. The summed E-state index contributed by atoms with van der Waals surface area (Å²) in [6.45, 7) is 0.642. The predicted octanol–water partition coefficient (Wildman–Crippen LogP) is 5.45. The maximum absolute atomic E-state index is 6.16. The number of para-hydroxylation sites is 2. The van der Waals surface area contributed by atoms with Crippen molar-refractivity contribution in [2.45, 2.75) is 6.54 Å². The van der Waals surface area contributed by atoms with E-state index in [2.05, 4.69) is 15.6 Å². The Labute approximate surface area is 149 Å². The van der Waals surface area contributed by atoms with E-state index in [1.807, 2.05) is 54.6 Å². The Morgan fingerprint density at radius 1 is 0.875 bits per heavy atom. The Kier molecular flexibility index (Phi) is 3.97. The number of aromatic nitrogens is 3. The van der Waals surface area contributed by atoms with Gasteiger partial charge in [0.2, 0.25) is 0 Å². The first kappa shape index (κ1) is 15.2. The van der Waals surface area contributed by atoms with Gasteiger partial charge in [0.05, 0.1) is 21.1 Å². The van der Waals surface area contributed by atoms with Crippen molar-refractivity contribution in [2.24, 2.45) is 0 Å². The van der Waals surface area contributed by atoms with Crippen LogP contribution in [0.25, 0.3) is 22.6 Å². The third kappa shape index (κ3) is 2.77. The zero-order valence-corrected chi connectivity index (χ0v) is 14.2. The Morgan fingerprint density at radius 2 is 1.71 bits per heavy atom. The van der Waals surface area contributed by atoms with Crippen LogP contribution in [-0.2, 0) is 6.54 Å². The number of rotatable bonds is 3. The van der Waals surface area contributed by atoms with Crippen LogP contribution in [0.15, 0.2) is 66.9 Å². The molecule has 0 fully saturated rings. The zero-order chi connectivity index (χ0) is 16.5. The second kappa shape index (κ2) is 6.27. The minimum absolute atomic E-state index is 0.554. The number of hydrogen-bond acceptors (Lipinski definition) is 2. The van der Waals surface area contributed by atoms with Gasteiger partial charge in [-0.1, -0.05) is 47.5 Å². The van der Waals surface area contributed by atoms with E-state index in [0.717, 1.165) is 28.1 Å². The summed E-state index contributed by atoms with van der Waals surface area (Å²) >= 11 is 12.2. The van der Waals surface area contributed by atoms with Gasteiger partial charge in [0.25, 0.3) is 0 Å². The van der Waals surface area contributed by atoms with E-state index in [9.17, 15) is 0 Å². The Bertz CT molecular complexity index is 1010. The molecule has 0 spiro atoms. The fourth-order valence-electron chi connectivity index (χ4n) is 2.75. The van der Waals surface area contributed by atoms with Crippen molar-refractivity contribution < 1.29 is 0 Å². The molecule has 0 atom stereocenters. The number of imidazole rings is 1. The first-order valence-corrected chi connectivity index (χ1v) is 8.28. The van der Waals surface area contributed by atoms with Gasteiger partial charge in [0, 0.05) is 12.7 Å². The highest BCUT2D eigenvalue weighted by Crippen LogP contribution is 2.27. The highest BCUT2D eigenvalue weighted by atomic mass is 35.5. The van der Waals surface area contributed by atoms with E-state index in [4.69, 9.17) is 28.2 Å². The van der Waals surface area contributed by atoms with Gasteiger partial charge in [-0.3, -0.25) is 4.98 Å². The molecule has 0 bridgehead atoms. The van der Waals surface area contributed by atoms with Crippen molar-refractivity contribution in [3.63, 3.8) is 0 Å². The van der Waals surface area contributed by atoms with Gasteiger partial charge < -0.3 is 4.57 Å². The number of benzene rings is 2. The average Bonchev–Trinajstić information content (AvgIpc) is 2.98. The van der Waals surface area contributed by atoms with Crippen LogP contribution in [-0.4, -0.2) is 14.5 Å². The van der Waals surface area contributed by atoms with Crippen LogP contribution in [0.1, 0.15) is 5.56 Å². The number of pyridine rings is 1. The molecule has 0 amide bonds. The molecule has 0 N–H and O–H groups in total. The van der Waals surface area contributed by atoms with Gasteiger partial charge in [-0.25, -0.2) is 4.98 Å². The van der Waals surface area contributed by atoms with E-state index in [1.165, 1.54) is 0 Å². The van der Waals surface area contributed by atoms with Crippen molar-refractivity contribution in [1.82, 2.24) is 14.5 Å². The SMILES string of the molecule is Clc1ccc(Cn2c(-c3ccccn3)nc3ccccc32)cc1Cl. The van der Waals surface area contributed by atoms with Crippen molar-refractivity contribution in [2.75, 3.05) is 0 Å². The molecule has 0 unspecified atom stereocenters. The van der Waals surface area contributed by atoms with Crippen LogP contribution in [0.4, 0.5) is 0 Å². The second-order valence-electron chi connectivity index (χ2n) is 5.47. The van der Waals surface area contributed by atoms with Crippen LogP contribution in [0, 0.1) is 0 Å². The maximum Gasteiger partial charge on any atom is 0.160 e. The molecule has 0 aliphatic heterocycles. The highest BCUT2D eigenvalue weighted by molar-refractivity contribution is 6.42. The third-order valence-corrected chi connectivity index (χ3v) is 4.61. The zero-order valence-electron chi connectivity index (χ0n) is 12.7. The first-order valence-electron chi connectivity index (χ1n) is 7.53. The lowest BCUT2D eigenvalue weighted by Crippen LogP contribution is -2.03. The van der Waals surface area contributed by atoms with Crippen molar-refractivity contribution in [1.29, 1.82) is 0 Å². The molecule has 4 aromatic rings. The Hall–Kier alpha value is -2.36. The number of fused-ring (bicyclic) bond motifs is 1. The summed E-state index contributed by atoms with van der Waals surface area (Å²) in [4.78, 5) is 9.21. The molecule has 24 heavy (non-hydrogen) atoms. The lowest BCUT2D eigenvalue weighted by Gasteiger charge is -2.10. The third-order valence-electron chi connectivity index (χ3n) is 3.87. The summed E-state index contributed by atoms with van der Waals surface area (Å²) in [5.74, 6) is 0.836. The van der Waals surface area contributed by atoms with E-state index in [-0.39, 0.29) is 0 Å². The van der Waals surface area contributed by atoms with E-state index in [0.29, 0.717) is 16.6 Å². The van der Waals surface area contributed by atoms with Gasteiger partial charge in [-0.2, -0.15) is 0 Å². The van der Waals surface area contributed by atoms with E-state index >= 15 is 0 Å². The molecular formula is C19H13Cl2N3. The molecule has 0 aliphatic rings. The van der Waals surface area contributed by atoms with Crippen LogP contribution < -0.4 is 0 Å². The molecule has 2 aromatic heterocycles. The monoisotopic (exact) mass is 353 g/mol. The summed E-state index contributed by atoms with van der Waals surface area (Å²) in [5.41, 5.74) is 3.90. The van der Waals surface area contributed by atoms with Crippen molar-refractivity contribution in [3.05, 3.63) is 82.5 Å². The van der Waals surface area contributed by atoms with Gasteiger partial charge in [-0.15, -0.1) is 0 Å². The largest absolute Gasteiger partial charge is 0.318 e. The van der Waals surface area contributed by atoms with Crippen molar-refractivity contribution >= 4 is 34.2 Å². The first-order chi connectivity index (χ1) is 11.7. The molecule has 2 aromatic carbocycles. The van der Waals surface area contributed by atoms with Gasteiger partial charge >= 0.3 is 0 Å². The van der Waals surface area contributed by atoms with Crippen LogP contribution >= 0.6 is 23.2 Å². The number of halogens is 2. The summed E-state index contributed by atoms with van der Waals surface area (Å²) in [6.07, 6.45) is 1.78. The molecule has 0 aliphatic carbocycles. The predicted molar refractivity (Wildman–Crippen MR) is 98.5 cm³/mol. The minimum Gasteiger partial charge on any atom is -0.318 e. The molecule has 118 valence electrons. The molecule has 2 heterocycles. The molecule has 5 heteroatoms. The quantitative estimate of drug-likeness (QED) is 0.490. The fourth-order valence-corrected chi connectivity index (χ4v) is 3.07. The maximum atomic E-state index is 6.16. The van der Waals surface area contributed by atoms with E-state index in [1.54, 1.807) is 6.20 Å². The van der Waals surface area contributed by atoms with Crippen LogP contribution in [0.5, 0.6) is 0 Å². The van der Waals surface area contributed by atoms with Gasteiger partial charge in [0.1, 0.15) is 5.69 Å². The summed E-state index contributed by atoms with van der Waals surface area (Å²) in [6, 6.07) is 19.6. The van der Waals surface area contributed by atoms with Crippen LogP contribution in [0.2, 0.25) is 10.0 Å². The molecule has 4 rings (SSSR count). The molecule has 0 saturated heterocycles. The Balaban J connectivity index is 1.87. The van der Waals surface area contributed by atoms with Crippen LogP contribution in [0.3, 0.4) is 0 Å². The summed E-state index contributed by atoms with van der Waals surface area (Å²) in [7, 11) is 0. The van der Waals surface area contributed by atoms with Crippen molar-refractivity contribution in [3.8, 4) is 11.5 Å². The minimum atomic E-state index is 0.554. The summed E-state index contributed by atoms with van der Waals surface area (Å²) in [5, 5.41) is 1.11. The smallest absolute Gasteiger partial charge is 0.160 e. The van der Waals surface area contributed by atoms with Gasteiger partial charge in [-0.05, 0) is 42.0 Å². The normalized spacial score (nSPS) is 11.1. The number of hydrogen-bond donors (Lipinski definition) is 0. The molecule has 0 radical (unpaired) electrons. The highest BCUT2D eigenvalue weighted by Gasteiger charge is 2.14. The standard InChI is InChI=1S/C19H13Cl2N3/c20-14-9-8-13(11-15(14)21)12-24-18-7-2-1-5-16(18)23-19(24)17-6-3-4-10-22-17/h1-11H,12H2. The fraction of sp³-hybridized carbons (Fsp3) is 0.0526. The lowest BCUT2D eigenvalue weighted by atomic mass is 10.2. The lowest BCUT2D eigenvalue weighted by molar-refractivity contribution is 0.830. The average molecular weight is 354 g/mol. The topological polar surface area (TPSA) is 30.7 Å².